The van der Waals surface area contributed by atoms with Gasteiger partial charge in [-0.1, -0.05) is 0 Å². The summed E-state index contributed by atoms with van der Waals surface area (Å²) in [5.74, 6) is 0.347. The molecule has 1 N–H and O–H groups in total. The monoisotopic (exact) mass is 237 g/mol. The molecule has 1 aromatic rings. The van der Waals surface area contributed by atoms with Crippen molar-refractivity contribution in [3.8, 4) is 0 Å². The second-order valence-electron chi connectivity index (χ2n) is 4.14. The molecule has 1 aliphatic rings. The van der Waals surface area contributed by atoms with Crippen molar-refractivity contribution in [3.05, 3.63) is 28.4 Å². The van der Waals surface area contributed by atoms with E-state index in [-0.39, 0.29) is 17.8 Å². The Labute approximate surface area is 99.2 Å². The van der Waals surface area contributed by atoms with Gasteiger partial charge >= 0.3 is 5.69 Å². The minimum Gasteiger partial charge on any atom is -0.381 e. The van der Waals surface area contributed by atoms with E-state index < -0.39 is 4.92 Å². The van der Waals surface area contributed by atoms with Gasteiger partial charge in [-0.25, -0.2) is 4.98 Å². The Kier molecular flexibility index (Phi) is 3.53. The highest BCUT2D eigenvalue weighted by molar-refractivity contribution is 5.55. The summed E-state index contributed by atoms with van der Waals surface area (Å²) >= 11 is 0. The van der Waals surface area contributed by atoms with Crippen molar-refractivity contribution >= 4 is 11.5 Å². The van der Waals surface area contributed by atoms with Crippen LogP contribution in [0, 0.1) is 10.1 Å². The molecule has 0 spiro atoms. The van der Waals surface area contributed by atoms with Crippen LogP contribution in [0.15, 0.2) is 18.3 Å². The number of hydrogen-bond donors (Lipinski definition) is 1. The molecule has 1 fully saturated rings. The third kappa shape index (κ3) is 2.71. The van der Waals surface area contributed by atoms with Gasteiger partial charge in [0.2, 0.25) is 5.82 Å². The van der Waals surface area contributed by atoms with Gasteiger partial charge in [0.15, 0.2) is 0 Å². The SMILES string of the molecule is COC1CCC(Nc2ncccc2[N+](=O)[O-])C1. The molecule has 0 radical (unpaired) electrons. The number of nitro groups is 1. The van der Waals surface area contributed by atoms with Crippen LogP contribution in [-0.4, -0.2) is 29.2 Å². The van der Waals surface area contributed by atoms with Gasteiger partial charge in [-0.15, -0.1) is 0 Å². The van der Waals surface area contributed by atoms with Crippen molar-refractivity contribution in [2.24, 2.45) is 0 Å². The molecule has 1 heterocycles. The van der Waals surface area contributed by atoms with Crippen molar-refractivity contribution in [1.29, 1.82) is 0 Å². The second-order valence-corrected chi connectivity index (χ2v) is 4.14. The minimum absolute atomic E-state index is 0.0216. The number of rotatable bonds is 4. The molecule has 0 bridgehead atoms. The molecule has 0 aliphatic heterocycles. The number of pyridine rings is 1. The molecule has 2 rings (SSSR count). The first kappa shape index (κ1) is 11.8. The number of methoxy groups -OCH3 is 1. The molecule has 1 aromatic heterocycles. The Morgan fingerprint density at radius 2 is 2.41 bits per heavy atom. The summed E-state index contributed by atoms with van der Waals surface area (Å²) in [6.45, 7) is 0. The van der Waals surface area contributed by atoms with E-state index in [0.29, 0.717) is 5.82 Å². The molecule has 17 heavy (non-hydrogen) atoms. The van der Waals surface area contributed by atoms with E-state index >= 15 is 0 Å². The van der Waals surface area contributed by atoms with Crippen molar-refractivity contribution in [1.82, 2.24) is 4.98 Å². The lowest BCUT2D eigenvalue weighted by atomic mass is 10.2. The standard InChI is InChI=1S/C11H15N3O3/c1-17-9-5-4-8(7-9)13-11-10(14(15)16)3-2-6-12-11/h2-3,6,8-9H,4-5,7H2,1H3,(H,12,13). The fourth-order valence-corrected chi connectivity index (χ4v) is 2.13. The zero-order chi connectivity index (χ0) is 12.3. The zero-order valence-corrected chi connectivity index (χ0v) is 9.63. The lowest BCUT2D eigenvalue weighted by Gasteiger charge is -2.13. The van der Waals surface area contributed by atoms with Gasteiger partial charge in [0.05, 0.1) is 11.0 Å². The predicted octanol–water partition coefficient (Wildman–Crippen LogP) is 1.97. The molecule has 1 saturated carbocycles. The van der Waals surface area contributed by atoms with E-state index in [1.54, 1.807) is 19.4 Å². The fraction of sp³-hybridized carbons (Fsp3) is 0.545. The maximum atomic E-state index is 10.8. The number of nitrogens with one attached hydrogen (secondary N) is 1. The quantitative estimate of drug-likeness (QED) is 0.639. The Balaban J connectivity index is 2.06. The van der Waals surface area contributed by atoms with Crippen LogP contribution in [0.5, 0.6) is 0 Å². The Bertz CT molecular complexity index is 411. The topological polar surface area (TPSA) is 77.3 Å². The minimum atomic E-state index is -0.419. The number of ether oxygens (including phenoxy) is 1. The first-order valence-electron chi connectivity index (χ1n) is 5.59. The first-order valence-corrected chi connectivity index (χ1v) is 5.59. The van der Waals surface area contributed by atoms with Crippen LogP contribution in [0.2, 0.25) is 0 Å². The lowest BCUT2D eigenvalue weighted by molar-refractivity contribution is -0.384. The van der Waals surface area contributed by atoms with E-state index in [1.165, 1.54) is 6.07 Å². The Morgan fingerprint density at radius 3 is 3.06 bits per heavy atom. The lowest BCUT2D eigenvalue weighted by Crippen LogP contribution is -2.18. The molecule has 1 aliphatic carbocycles. The van der Waals surface area contributed by atoms with Gasteiger partial charge in [-0.05, 0) is 25.3 Å². The van der Waals surface area contributed by atoms with E-state index in [1.807, 2.05) is 0 Å². The van der Waals surface area contributed by atoms with E-state index in [4.69, 9.17) is 4.74 Å². The third-order valence-electron chi connectivity index (χ3n) is 3.04. The van der Waals surface area contributed by atoms with E-state index in [0.717, 1.165) is 19.3 Å². The first-order chi connectivity index (χ1) is 8.20. The van der Waals surface area contributed by atoms with E-state index in [2.05, 4.69) is 10.3 Å². The highest BCUT2D eigenvalue weighted by atomic mass is 16.6. The average Bonchev–Trinajstić information content (AvgIpc) is 2.77. The number of nitrogens with zero attached hydrogens (tertiary/aromatic N) is 2. The van der Waals surface area contributed by atoms with Crippen molar-refractivity contribution in [2.45, 2.75) is 31.4 Å². The average molecular weight is 237 g/mol. The van der Waals surface area contributed by atoms with E-state index in [9.17, 15) is 10.1 Å². The van der Waals surface area contributed by atoms with Crippen LogP contribution in [-0.2, 0) is 4.74 Å². The summed E-state index contributed by atoms with van der Waals surface area (Å²) in [6.07, 6.45) is 4.60. The molecule has 2 unspecified atom stereocenters. The molecule has 6 heteroatoms. The predicted molar refractivity (Wildman–Crippen MR) is 63.0 cm³/mol. The summed E-state index contributed by atoms with van der Waals surface area (Å²) < 4.78 is 5.26. The molecule has 0 amide bonds. The maximum absolute atomic E-state index is 10.8. The zero-order valence-electron chi connectivity index (χ0n) is 9.63. The van der Waals surface area contributed by atoms with Gasteiger partial charge in [-0.3, -0.25) is 10.1 Å². The fourth-order valence-electron chi connectivity index (χ4n) is 2.13. The van der Waals surface area contributed by atoms with Crippen LogP contribution in [0.3, 0.4) is 0 Å². The van der Waals surface area contributed by atoms with Crippen LogP contribution in [0.4, 0.5) is 11.5 Å². The summed E-state index contributed by atoms with van der Waals surface area (Å²) in [5.41, 5.74) is 0.0216. The molecule has 92 valence electrons. The normalized spacial score (nSPS) is 23.6. The second kappa shape index (κ2) is 5.09. The van der Waals surface area contributed by atoms with Gasteiger partial charge in [0.1, 0.15) is 0 Å². The van der Waals surface area contributed by atoms with Gasteiger partial charge in [-0.2, -0.15) is 0 Å². The highest BCUT2D eigenvalue weighted by Gasteiger charge is 2.26. The summed E-state index contributed by atoms with van der Waals surface area (Å²) in [6, 6.07) is 3.22. The smallest absolute Gasteiger partial charge is 0.311 e. The molecule has 2 atom stereocenters. The molecule has 0 aromatic carbocycles. The van der Waals surface area contributed by atoms with Gasteiger partial charge in [0, 0.05) is 25.4 Å². The molecule has 0 saturated heterocycles. The Morgan fingerprint density at radius 1 is 1.59 bits per heavy atom. The number of anilines is 1. The van der Waals surface area contributed by atoms with Crippen molar-refractivity contribution in [3.63, 3.8) is 0 Å². The largest absolute Gasteiger partial charge is 0.381 e. The Hall–Kier alpha value is -1.69. The van der Waals surface area contributed by atoms with Gasteiger partial charge < -0.3 is 10.1 Å². The van der Waals surface area contributed by atoms with Crippen LogP contribution in [0.1, 0.15) is 19.3 Å². The summed E-state index contributed by atoms with van der Waals surface area (Å²) in [4.78, 5) is 14.4. The molecular formula is C11H15N3O3. The maximum Gasteiger partial charge on any atom is 0.311 e. The van der Waals surface area contributed by atoms with Crippen LogP contribution >= 0.6 is 0 Å². The van der Waals surface area contributed by atoms with Gasteiger partial charge in [0.25, 0.3) is 0 Å². The van der Waals surface area contributed by atoms with Crippen molar-refractivity contribution < 1.29 is 9.66 Å². The molecular weight excluding hydrogens is 222 g/mol. The summed E-state index contributed by atoms with van der Waals surface area (Å²) in [7, 11) is 1.69. The third-order valence-corrected chi connectivity index (χ3v) is 3.04. The highest BCUT2D eigenvalue weighted by Crippen LogP contribution is 2.27. The number of aromatic nitrogens is 1. The van der Waals surface area contributed by atoms with Crippen LogP contribution < -0.4 is 5.32 Å². The summed E-state index contributed by atoms with van der Waals surface area (Å²) in [5, 5.41) is 13.9. The number of hydrogen-bond acceptors (Lipinski definition) is 5. The van der Waals surface area contributed by atoms with Crippen molar-refractivity contribution in [2.75, 3.05) is 12.4 Å². The van der Waals surface area contributed by atoms with Crippen LogP contribution in [0.25, 0.3) is 0 Å². The molecule has 6 nitrogen and oxygen atoms in total.